The average molecular weight is 298 g/mol. The molecule has 116 valence electrons. The van der Waals surface area contributed by atoms with Gasteiger partial charge < -0.3 is 24.7 Å². The third-order valence-corrected chi connectivity index (χ3v) is 2.47. The highest BCUT2D eigenvalue weighted by molar-refractivity contribution is 5.94. The fourth-order valence-electron chi connectivity index (χ4n) is 1.49. The first-order chi connectivity index (χ1) is 10.0. The van der Waals surface area contributed by atoms with Gasteiger partial charge in [0, 0.05) is 18.9 Å². The number of nitrogens with zero attached hydrogens (tertiary/aromatic N) is 1. The highest BCUT2D eigenvalue weighted by Gasteiger charge is 2.18. The van der Waals surface area contributed by atoms with E-state index in [9.17, 15) is 9.59 Å². The van der Waals surface area contributed by atoms with Crippen LogP contribution in [0.3, 0.4) is 0 Å². The molecule has 0 radical (unpaired) electrons. The molecule has 0 aromatic carbocycles. The normalized spacial score (nSPS) is 11.6. The van der Waals surface area contributed by atoms with Crippen LogP contribution in [0.2, 0.25) is 0 Å². The molecule has 1 unspecified atom stereocenters. The molecule has 2 N–H and O–H groups in total. The topological polar surface area (TPSA) is 110 Å². The van der Waals surface area contributed by atoms with Crippen LogP contribution in [-0.4, -0.2) is 43.5 Å². The number of hydrogen-bond acceptors (Lipinski definition) is 7. The lowest BCUT2D eigenvalue weighted by atomic mass is 10.3. The van der Waals surface area contributed by atoms with Crippen LogP contribution in [0.1, 0.15) is 24.3 Å². The Morgan fingerprint density at radius 1 is 1.43 bits per heavy atom. The van der Waals surface area contributed by atoms with Crippen LogP contribution in [0.15, 0.2) is 12.3 Å². The number of hydrogen-bond donors (Lipinski definition) is 1. The fourth-order valence-corrected chi connectivity index (χ4v) is 1.49. The third kappa shape index (κ3) is 4.60. The van der Waals surface area contributed by atoms with E-state index in [0.29, 0.717) is 6.61 Å². The van der Waals surface area contributed by atoms with Gasteiger partial charge in [0.2, 0.25) is 6.79 Å². The van der Waals surface area contributed by atoms with Gasteiger partial charge in [-0.3, -0.25) is 4.79 Å². The third-order valence-electron chi connectivity index (χ3n) is 2.47. The van der Waals surface area contributed by atoms with E-state index >= 15 is 0 Å². The lowest BCUT2D eigenvalue weighted by molar-refractivity contribution is -0.162. The number of rotatable bonds is 8. The molecule has 0 saturated carbocycles. The van der Waals surface area contributed by atoms with Crippen molar-refractivity contribution in [3.8, 4) is 11.5 Å². The van der Waals surface area contributed by atoms with E-state index in [1.54, 1.807) is 13.8 Å². The molecule has 21 heavy (non-hydrogen) atoms. The number of primary amides is 1. The van der Waals surface area contributed by atoms with Crippen LogP contribution in [-0.2, 0) is 14.3 Å². The molecule has 0 aliphatic rings. The number of carbonyl (C=O) groups excluding carboxylic acids is 2. The van der Waals surface area contributed by atoms with Crippen molar-refractivity contribution in [3.05, 3.63) is 18.0 Å². The number of amides is 1. The van der Waals surface area contributed by atoms with Gasteiger partial charge in [-0.25, -0.2) is 9.78 Å². The lowest BCUT2D eigenvalue weighted by Crippen LogP contribution is -2.25. The lowest BCUT2D eigenvalue weighted by Gasteiger charge is -2.14. The van der Waals surface area contributed by atoms with Crippen LogP contribution in [0, 0.1) is 0 Å². The first-order valence-corrected chi connectivity index (χ1v) is 6.25. The molecular weight excluding hydrogens is 280 g/mol. The van der Waals surface area contributed by atoms with Gasteiger partial charge in [0.05, 0.1) is 7.11 Å². The number of methoxy groups -OCH3 is 1. The van der Waals surface area contributed by atoms with Crippen LogP contribution in [0.5, 0.6) is 11.5 Å². The zero-order valence-corrected chi connectivity index (χ0v) is 12.1. The Balaban J connectivity index is 2.71. The second-order valence-corrected chi connectivity index (χ2v) is 3.88. The Morgan fingerprint density at radius 3 is 2.71 bits per heavy atom. The molecule has 1 atom stereocenters. The van der Waals surface area contributed by atoms with Gasteiger partial charge in [-0.2, -0.15) is 0 Å². The highest BCUT2D eigenvalue weighted by Crippen LogP contribution is 2.29. The summed E-state index contributed by atoms with van der Waals surface area (Å²) in [5.41, 5.74) is 5.08. The molecule has 1 aromatic rings. The zero-order chi connectivity index (χ0) is 15.8. The predicted octanol–water partition coefficient (Wildman–Crippen LogP) is 0.494. The monoisotopic (exact) mass is 298 g/mol. The van der Waals surface area contributed by atoms with Crippen molar-refractivity contribution in [3.63, 3.8) is 0 Å². The van der Waals surface area contributed by atoms with Crippen molar-refractivity contribution >= 4 is 11.9 Å². The van der Waals surface area contributed by atoms with Crippen molar-refractivity contribution in [1.82, 2.24) is 4.98 Å². The van der Waals surface area contributed by atoms with E-state index < -0.39 is 24.8 Å². The first-order valence-electron chi connectivity index (χ1n) is 6.25. The summed E-state index contributed by atoms with van der Waals surface area (Å²) in [5.74, 6) is -1.09. The van der Waals surface area contributed by atoms with Gasteiger partial charge in [0.25, 0.3) is 5.91 Å². The summed E-state index contributed by atoms with van der Waals surface area (Å²) in [6, 6.07) is 1.49. The van der Waals surface area contributed by atoms with Crippen LogP contribution >= 0.6 is 0 Å². The molecule has 0 aliphatic carbocycles. The molecule has 8 heteroatoms. The van der Waals surface area contributed by atoms with Gasteiger partial charge in [-0.1, -0.05) is 0 Å². The Labute approximate surface area is 122 Å². The van der Waals surface area contributed by atoms with Crippen molar-refractivity contribution in [2.24, 2.45) is 5.73 Å². The van der Waals surface area contributed by atoms with E-state index in [1.807, 2.05) is 0 Å². The number of ether oxygens (including phenoxy) is 4. The van der Waals surface area contributed by atoms with E-state index in [0.717, 1.165) is 0 Å². The Hall–Kier alpha value is -2.35. The molecule has 1 rings (SSSR count). The minimum atomic E-state index is -0.780. The average Bonchev–Trinajstić information content (AvgIpc) is 2.47. The largest absolute Gasteiger partial charge is 0.493 e. The van der Waals surface area contributed by atoms with E-state index in [2.05, 4.69) is 4.98 Å². The van der Waals surface area contributed by atoms with Crippen molar-refractivity contribution in [2.45, 2.75) is 20.0 Å². The number of aromatic nitrogens is 1. The van der Waals surface area contributed by atoms with E-state index in [-0.39, 0.29) is 17.2 Å². The van der Waals surface area contributed by atoms with Gasteiger partial charge in [-0.05, 0) is 13.8 Å². The van der Waals surface area contributed by atoms with Crippen LogP contribution in [0.25, 0.3) is 0 Å². The zero-order valence-electron chi connectivity index (χ0n) is 12.1. The summed E-state index contributed by atoms with van der Waals surface area (Å²) in [4.78, 5) is 26.6. The Kier molecular flexibility index (Phi) is 6.41. The Morgan fingerprint density at radius 2 is 2.14 bits per heavy atom. The van der Waals surface area contributed by atoms with Gasteiger partial charge in [-0.15, -0.1) is 0 Å². The standard InChI is InChI=1S/C13H18N2O6/c1-4-19-8(2)13(17)21-7-20-11-9(18-3)5-6-15-10(11)12(14)16/h5-6,8H,4,7H2,1-3H3,(H2,14,16). The predicted molar refractivity (Wildman–Crippen MR) is 72.0 cm³/mol. The number of carbonyl (C=O) groups is 2. The molecule has 1 heterocycles. The molecule has 0 aliphatic heterocycles. The smallest absolute Gasteiger partial charge is 0.337 e. The van der Waals surface area contributed by atoms with E-state index in [4.69, 9.17) is 24.7 Å². The maximum Gasteiger partial charge on any atom is 0.337 e. The van der Waals surface area contributed by atoms with Crippen LogP contribution in [0.4, 0.5) is 0 Å². The molecule has 1 amide bonds. The summed E-state index contributed by atoms with van der Waals surface area (Å²) in [6.07, 6.45) is 0.652. The maximum absolute atomic E-state index is 11.5. The van der Waals surface area contributed by atoms with Crippen molar-refractivity contribution < 1.29 is 28.5 Å². The fraction of sp³-hybridized carbons (Fsp3) is 0.462. The molecule has 0 saturated heterocycles. The first kappa shape index (κ1) is 16.7. The van der Waals surface area contributed by atoms with Gasteiger partial charge in [0.15, 0.2) is 23.3 Å². The molecule has 0 spiro atoms. The summed E-state index contributed by atoms with van der Waals surface area (Å²) >= 11 is 0. The molecule has 0 fully saturated rings. The molecule has 0 bridgehead atoms. The molecule has 1 aromatic heterocycles. The minimum Gasteiger partial charge on any atom is -0.493 e. The maximum atomic E-state index is 11.5. The van der Waals surface area contributed by atoms with Crippen molar-refractivity contribution in [2.75, 3.05) is 20.5 Å². The quantitative estimate of drug-likeness (QED) is 0.549. The highest BCUT2D eigenvalue weighted by atomic mass is 16.7. The number of nitrogens with two attached hydrogens (primary N) is 1. The minimum absolute atomic E-state index is 0.0179. The SMILES string of the molecule is CCOC(C)C(=O)OCOc1c(OC)ccnc1C(N)=O. The van der Waals surface area contributed by atoms with Gasteiger partial charge >= 0.3 is 5.97 Å². The number of esters is 1. The second kappa shape index (κ2) is 8.05. The van der Waals surface area contributed by atoms with Crippen molar-refractivity contribution in [1.29, 1.82) is 0 Å². The second-order valence-electron chi connectivity index (χ2n) is 3.88. The summed E-state index contributed by atoms with van der Waals surface area (Å²) in [6.45, 7) is 3.29. The van der Waals surface area contributed by atoms with E-state index in [1.165, 1.54) is 19.4 Å². The van der Waals surface area contributed by atoms with Gasteiger partial charge in [0.1, 0.15) is 0 Å². The van der Waals surface area contributed by atoms with Crippen LogP contribution < -0.4 is 15.2 Å². The Bertz CT molecular complexity index is 505. The summed E-state index contributed by atoms with van der Waals surface area (Å²) < 4.78 is 20.2. The summed E-state index contributed by atoms with van der Waals surface area (Å²) in [5, 5.41) is 0. The molecular formula is C13H18N2O6. The molecule has 8 nitrogen and oxygen atoms in total. The summed E-state index contributed by atoms with van der Waals surface area (Å²) in [7, 11) is 1.40. The number of pyridine rings is 1.